The summed E-state index contributed by atoms with van der Waals surface area (Å²) in [5.74, 6) is 0. The number of hydrogen-bond acceptors (Lipinski definition) is 1. The summed E-state index contributed by atoms with van der Waals surface area (Å²) in [6, 6.07) is 6.29. The van der Waals surface area contributed by atoms with Gasteiger partial charge in [0.2, 0.25) is 0 Å². The summed E-state index contributed by atoms with van der Waals surface area (Å²) in [4.78, 5) is 7.23. The van der Waals surface area contributed by atoms with E-state index in [2.05, 4.69) is 28.2 Å². The highest BCUT2D eigenvalue weighted by atomic mass is 14.6. The van der Waals surface area contributed by atoms with Gasteiger partial charge in [-0.2, -0.15) is 0 Å². The second kappa shape index (κ2) is 2.33. The highest BCUT2D eigenvalue weighted by molar-refractivity contribution is 6.06. The Bertz CT molecular complexity index is 566. The van der Waals surface area contributed by atoms with Gasteiger partial charge in [0.25, 0.3) is 0 Å². The highest BCUT2D eigenvalue weighted by Crippen LogP contribution is 2.23. The number of hydrogen-bond donors (Lipinski definition) is 1. The molecule has 0 saturated heterocycles. The zero-order chi connectivity index (χ0) is 8.67. The van der Waals surface area contributed by atoms with E-state index in [0.29, 0.717) is 0 Å². The Morgan fingerprint density at radius 3 is 2.85 bits per heavy atom. The van der Waals surface area contributed by atoms with Crippen molar-refractivity contribution in [3.63, 3.8) is 0 Å². The highest BCUT2D eigenvalue weighted by Gasteiger charge is 1.99. The molecule has 0 radical (unpaired) electrons. The third-order valence-electron chi connectivity index (χ3n) is 2.36. The minimum absolute atomic E-state index is 1.20. The van der Waals surface area contributed by atoms with Crippen LogP contribution in [-0.4, -0.2) is 9.97 Å². The van der Waals surface area contributed by atoms with Crippen molar-refractivity contribution in [1.82, 2.24) is 9.97 Å². The fourth-order valence-electron chi connectivity index (χ4n) is 1.69. The molecule has 2 heteroatoms. The number of H-pyrrole nitrogens is 1. The van der Waals surface area contributed by atoms with E-state index in [1.54, 1.807) is 0 Å². The van der Waals surface area contributed by atoms with Crippen LogP contribution in [0.5, 0.6) is 0 Å². The SMILES string of the molecule is c1cc2ccc3cncc3c2c[nH]1. The molecule has 0 aliphatic heterocycles. The van der Waals surface area contributed by atoms with Crippen LogP contribution < -0.4 is 0 Å². The van der Waals surface area contributed by atoms with Gasteiger partial charge in [0.1, 0.15) is 0 Å². The molecule has 2 aromatic heterocycles. The lowest BCUT2D eigenvalue weighted by Gasteiger charge is -1.97. The predicted molar refractivity (Wildman–Crippen MR) is 53.6 cm³/mol. The Morgan fingerprint density at radius 2 is 1.85 bits per heavy atom. The maximum Gasteiger partial charge on any atom is 0.0353 e. The lowest BCUT2D eigenvalue weighted by Crippen LogP contribution is -1.74. The molecule has 62 valence electrons. The van der Waals surface area contributed by atoms with Gasteiger partial charge < -0.3 is 4.98 Å². The van der Waals surface area contributed by atoms with Crippen molar-refractivity contribution in [2.24, 2.45) is 0 Å². The summed E-state index contributed by atoms with van der Waals surface area (Å²) < 4.78 is 0. The van der Waals surface area contributed by atoms with E-state index < -0.39 is 0 Å². The summed E-state index contributed by atoms with van der Waals surface area (Å²) in [6.07, 6.45) is 7.75. The molecule has 0 fully saturated rings. The number of benzene rings is 1. The Kier molecular flexibility index (Phi) is 1.19. The Balaban J connectivity index is 2.65. The fraction of sp³-hybridized carbons (Fsp3) is 0. The third kappa shape index (κ3) is 0.855. The molecule has 0 saturated carbocycles. The summed E-state index contributed by atoms with van der Waals surface area (Å²) in [5.41, 5.74) is 0. The van der Waals surface area contributed by atoms with Crippen molar-refractivity contribution in [2.75, 3.05) is 0 Å². The van der Waals surface area contributed by atoms with E-state index in [9.17, 15) is 0 Å². The monoisotopic (exact) mass is 168 g/mol. The van der Waals surface area contributed by atoms with Crippen LogP contribution in [0, 0.1) is 0 Å². The average molecular weight is 168 g/mol. The van der Waals surface area contributed by atoms with Crippen molar-refractivity contribution < 1.29 is 0 Å². The number of fused-ring (bicyclic) bond motifs is 3. The van der Waals surface area contributed by atoms with E-state index in [4.69, 9.17) is 0 Å². The van der Waals surface area contributed by atoms with Crippen LogP contribution in [0.4, 0.5) is 0 Å². The van der Waals surface area contributed by atoms with Gasteiger partial charge in [-0.1, -0.05) is 12.1 Å². The first-order valence-electron chi connectivity index (χ1n) is 4.24. The van der Waals surface area contributed by atoms with Crippen molar-refractivity contribution in [1.29, 1.82) is 0 Å². The van der Waals surface area contributed by atoms with Crippen molar-refractivity contribution >= 4 is 21.5 Å². The Labute approximate surface area is 75.2 Å². The first kappa shape index (κ1) is 6.66. The van der Waals surface area contributed by atoms with Gasteiger partial charge in [-0.05, 0) is 11.5 Å². The first-order chi connectivity index (χ1) is 6.45. The maximum atomic E-state index is 4.14. The largest absolute Gasteiger partial charge is 0.367 e. The van der Waals surface area contributed by atoms with Crippen LogP contribution in [0.3, 0.4) is 0 Å². The molecular formula is C11H8N2. The van der Waals surface area contributed by atoms with Gasteiger partial charge in [0.05, 0.1) is 0 Å². The molecule has 0 bridgehead atoms. The van der Waals surface area contributed by atoms with Crippen LogP contribution in [0.25, 0.3) is 21.5 Å². The smallest absolute Gasteiger partial charge is 0.0353 e. The van der Waals surface area contributed by atoms with Gasteiger partial charge in [-0.25, -0.2) is 0 Å². The normalized spacial score (nSPS) is 11.1. The maximum absolute atomic E-state index is 4.14. The third-order valence-corrected chi connectivity index (χ3v) is 2.36. The number of nitrogens with zero attached hydrogens (tertiary/aromatic N) is 1. The standard InChI is InChI=1S/C11H8N2/c1-2-9-5-13-7-11(9)10-6-12-4-3-8(1)10/h1-7,12H. The van der Waals surface area contributed by atoms with Crippen LogP contribution >= 0.6 is 0 Å². The molecule has 2 nitrogen and oxygen atoms in total. The van der Waals surface area contributed by atoms with E-state index in [1.165, 1.54) is 21.5 Å². The Morgan fingerprint density at radius 1 is 0.923 bits per heavy atom. The van der Waals surface area contributed by atoms with E-state index in [0.717, 1.165) is 0 Å². The number of rotatable bonds is 0. The number of aromatic amines is 1. The zero-order valence-electron chi connectivity index (χ0n) is 6.99. The van der Waals surface area contributed by atoms with Gasteiger partial charge in [0.15, 0.2) is 0 Å². The van der Waals surface area contributed by atoms with Crippen LogP contribution in [-0.2, 0) is 0 Å². The molecule has 0 spiro atoms. The molecule has 1 aromatic carbocycles. The minimum Gasteiger partial charge on any atom is -0.367 e. The lowest BCUT2D eigenvalue weighted by atomic mass is 10.1. The number of aromatic nitrogens is 2. The summed E-state index contributed by atoms with van der Waals surface area (Å²) in [6.45, 7) is 0. The molecule has 0 aliphatic rings. The number of nitrogens with one attached hydrogen (secondary N) is 1. The molecule has 13 heavy (non-hydrogen) atoms. The van der Waals surface area contributed by atoms with Crippen molar-refractivity contribution in [3.8, 4) is 0 Å². The zero-order valence-corrected chi connectivity index (χ0v) is 6.99. The van der Waals surface area contributed by atoms with Gasteiger partial charge >= 0.3 is 0 Å². The molecule has 3 rings (SSSR count). The molecule has 0 aliphatic carbocycles. The molecule has 2 heterocycles. The van der Waals surface area contributed by atoms with E-state index in [1.807, 2.05) is 24.8 Å². The predicted octanol–water partition coefficient (Wildman–Crippen LogP) is 2.72. The van der Waals surface area contributed by atoms with E-state index in [-0.39, 0.29) is 0 Å². The van der Waals surface area contributed by atoms with Crippen molar-refractivity contribution in [2.45, 2.75) is 0 Å². The second-order valence-corrected chi connectivity index (χ2v) is 3.12. The van der Waals surface area contributed by atoms with Crippen LogP contribution in [0.15, 0.2) is 43.0 Å². The average Bonchev–Trinajstić information content (AvgIpc) is 2.65. The molecule has 0 amide bonds. The van der Waals surface area contributed by atoms with Gasteiger partial charge in [0, 0.05) is 40.9 Å². The minimum atomic E-state index is 1.20. The van der Waals surface area contributed by atoms with Crippen LogP contribution in [0.1, 0.15) is 0 Å². The number of pyridine rings is 1. The quantitative estimate of drug-likeness (QED) is 0.549. The van der Waals surface area contributed by atoms with Crippen molar-refractivity contribution in [3.05, 3.63) is 43.0 Å². The van der Waals surface area contributed by atoms with Crippen LogP contribution in [0.2, 0.25) is 0 Å². The molecule has 3 aromatic rings. The summed E-state index contributed by atoms with van der Waals surface area (Å²) in [7, 11) is 0. The molecular weight excluding hydrogens is 160 g/mol. The molecule has 0 unspecified atom stereocenters. The fourth-order valence-corrected chi connectivity index (χ4v) is 1.69. The summed E-state index contributed by atoms with van der Waals surface area (Å²) in [5, 5.41) is 4.90. The Hall–Kier alpha value is -1.83. The first-order valence-corrected chi connectivity index (χ1v) is 4.24. The topological polar surface area (TPSA) is 28.7 Å². The molecule has 0 atom stereocenters. The van der Waals surface area contributed by atoms with E-state index >= 15 is 0 Å². The second-order valence-electron chi connectivity index (χ2n) is 3.12. The van der Waals surface area contributed by atoms with Gasteiger partial charge in [-0.15, -0.1) is 0 Å². The van der Waals surface area contributed by atoms with Gasteiger partial charge in [-0.3, -0.25) is 4.98 Å². The lowest BCUT2D eigenvalue weighted by molar-refractivity contribution is 1.37. The summed E-state index contributed by atoms with van der Waals surface area (Å²) >= 11 is 0. The molecule has 1 N–H and O–H groups in total.